The molecular formula is C27H31N4NaO14S6V. The fraction of sp³-hybridized carbons (Fsp3) is 0.407. The fourth-order valence-corrected chi connectivity index (χ4v) is 9.32. The van der Waals surface area contributed by atoms with Crippen molar-refractivity contribution in [3.05, 3.63) is 48.8 Å². The zero-order valence-corrected chi connectivity index (χ0v) is 35.2. The van der Waals surface area contributed by atoms with Crippen molar-refractivity contribution >= 4 is 99.0 Å². The first-order valence-electron chi connectivity index (χ1n) is 14.0. The summed E-state index contributed by atoms with van der Waals surface area (Å²) in [5.41, 5.74) is 0. The average molecular weight is 902 g/mol. The summed E-state index contributed by atoms with van der Waals surface area (Å²) in [7, 11) is -4.77. The SMILES string of the molecule is C.O=C(ON1C(=O)CCC1=O)C(CCSSc1ccccn1)S(=O)(=O)O.O=C(ON1C(=O)CCC1=O)C(CCSSc1ccccn1)S(=O)(=O)[O-].[Na+].[V]. The number of hydrogen-bond donors (Lipinski definition) is 1. The molecule has 26 heteroatoms. The van der Waals surface area contributed by atoms with Crippen LogP contribution in [0.15, 0.2) is 58.8 Å². The molecule has 285 valence electrons. The quantitative estimate of drug-likeness (QED) is 0.0728. The first-order valence-corrected chi connectivity index (χ1v) is 21.7. The summed E-state index contributed by atoms with van der Waals surface area (Å²) in [6.07, 6.45) is 2.15. The summed E-state index contributed by atoms with van der Waals surface area (Å²) >= 11 is 0. The third-order valence-electron chi connectivity index (χ3n) is 6.10. The molecule has 2 aliphatic rings. The van der Waals surface area contributed by atoms with Gasteiger partial charge in [0.1, 0.15) is 25.4 Å². The molecule has 2 aromatic heterocycles. The molecule has 1 radical (unpaired) electrons. The van der Waals surface area contributed by atoms with Crippen molar-refractivity contribution in [2.45, 2.75) is 66.5 Å². The number of carbonyl (C=O) groups excluding carboxylic acids is 6. The monoisotopic (exact) mass is 901 g/mol. The molecule has 4 rings (SSSR count). The van der Waals surface area contributed by atoms with E-state index in [-0.39, 0.29) is 116 Å². The van der Waals surface area contributed by atoms with Gasteiger partial charge in [-0.25, -0.2) is 28.0 Å². The number of hydrogen-bond acceptors (Lipinski definition) is 19. The summed E-state index contributed by atoms with van der Waals surface area (Å²) in [5.74, 6) is -5.43. The van der Waals surface area contributed by atoms with Gasteiger partial charge in [0.25, 0.3) is 33.7 Å². The van der Waals surface area contributed by atoms with Crippen LogP contribution in [0.4, 0.5) is 0 Å². The van der Waals surface area contributed by atoms with Gasteiger partial charge < -0.3 is 14.2 Å². The predicted octanol–water partition coefficient (Wildman–Crippen LogP) is -0.554. The molecule has 0 aromatic carbocycles. The van der Waals surface area contributed by atoms with E-state index in [2.05, 4.69) is 19.6 Å². The van der Waals surface area contributed by atoms with Crippen molar-refractivity contribution in [1.82, 2.24) is 20.1 Å². The molecule has 2 unspecified atom stereocenters. The molecule has 2 saturated heterocycles. The molecule has 1 N–H and O–H groups in total. The topological polar surface area (TPSA) is 265 Å². The second kappa shape index (κ2) is 24.8. The van der Waals surface area contributed by atoms with Crippen LogP contribution < -0.4 is 29.6 Å². The van der Waals surface area contributed by atoms with E-state index in [1.165, 1.54) is 43.2 Å². The molecule has 0 saturated carbocycles. The van der Waals surface area contributed by atoms with E-state index in [1.807, 2.05) is 0 Å². The Bertz CT molecular complexity index is 1620. The van der Waals surface area contributed by atoms with Gasteiger partial charge in [-0.15, -0.1) is 10.1 Å². The Balaban J connectivity index is 0.000000966. The number of carbonyl (C=O) groups is 6. The molecule has 0 aliphatic carbocycles. The van der Waals surface area contributed by atoms with Gasteiger partial charge in [0.2, 0.25) is 0 Å². The second-order valence-corrected chi connectivity index (χ2v) is 17.7. The first-order chi connectivity index (χ1) is 23.6. The Kier molecular flexibility index (Phi) is 24.0. The number of pyridine rings is 2. The van der Waals surface area contributed by atoms with Crippen molar-refractivity contribution in [2.24, 2.45) is 0 Å². The van der Waals surface area contributed by atoms with Crippen LogP contribution in [0.25, 0.3) is 0 Å². The maximum Gasteiger partial charge on any atom is 1.00 e. The van der Waals surface area contributed by atoms with Crippen LogP contribution in [0, 0.1) is 0 Å². The molecule has 18 nitrogen and oxygen atoms in total. The summed E-state index contributed by atoms with van der Waals surface area (Å²) in [4.78, 5) is 86.7. The summed E-state index contributed by atoms with van der Waals surface area (Å²) in [5, 5.41) is -2.03. The van der Waals surface area contributed by atoms with Crippen LogP contribution in [-0.4, -0.2) is 104 Å². The Morgan fingerprint density at radius 1 is 0.736 bits per heavy atom. The summed E-state index contributed by atoms with van der Waals surface area (Å²) < 4.78 is 66.0. The molecule has 4 heterocycles. The van der Waals surface area contributed by atoms with Gasteiger partial charge in [0.15, 0.2) is 5.25 Å². The molecule has 2 fully saturated rings. The number of aromatic nitrogens is 2. The molecule has 2 aromatic rings. The van der Waals surface area contributed by atoms with Gasteiger partial charge in [-0.3, -0.25) is 23.7 Å². The Morgan fingerprint density at radius 2 is 1.09 bits per heavy atom. The van der Waals surface area contributed by atoms with Gasteiger partial charge in [0, 0.05) is 68.1 Å². The van der Waals surface area contributed by atoms with Gasteiger partial charge in [0.05, 0.1) is 0 Å². The smallest absolute Gasteiger partial charge is 0.747 e. The van der Waals surface area contributed by atoms with Crippen molar-refractivity contribution in [3.63, 3.8) is 0 Å². The van der Waals surface area contributed by atoms with Crippen molar-refractivity contribution in [1.29, 1.82) is 0 Å². The van der Waals surface area contributed by atoms with Crippen LogP contribution in [0.2, 0.25) is 0 Å². The van der Waals surface area contributed by atoms with E-state index in [4.69, 9.17) is 0 Å². The van der Waals surface area contributed by atoms with E-state index >= 15 is 0 Å². The molecule has 2 aliphatic heterocycles. The maximum atomic E-state index is 12.0. The van der Waals surface area contributed by atoms with Crippen molar-refractivity contribution in [2.75, 3.05) is 11.5 Å². The summed E-state index contributed by atoms with van der Waals surface area (Å²) in [6, 6.07) is 10.6. The minimum Gasteiger partial charge on any atom is -0.747 e. The largest absolute Gasteiger partial charge is 1.00 e. The Morgan fingerprint density at radius 3 is 1.42 bits per heavy atom. The van der Waals surface area contributed by atoms with Crippen molar-refractivity contribution < 1.29 is 112 Å². The van der Waals surface area contributed by atoms with E-state index < -0.39 is 66.3 Å². The summed E-state index contributed by atoms with van der Waals surface area (Å²) in [6.45, 7) is 0. The van der Waals surface area contributed by atoms with E-state index in [0.717, 1.165) is 0 Å². The van der Waals surface area contributed by atoms with E-state index in [9.17, 15) is 54.7 Å². The molecule has 53 heavy (non-hydrogen) atoms. The third-order valence-corrected chi connectivity index (χ3v) is 13.0. The van der Waals surface area contributed by atoms with E-state index in [1.54, 1.807) is 48.8 Å². The second-order valence-electron chi connectivity index (χ2n) is 9.69. The van der Waals surface area contributed by atoms with Crippen LogP contribution in [0.5, 0.6) is 0 Å². The number of hydroxylamine groups is 4. The Labute approximate surface area is 355 Å². The van der Waals surface area contributed by atoms with Gasteiger partial charge in [-0.2, -0.15) is 8.42 Å². The first kappa shape index (κ1) is 51.3. The van der Waals surface area contributed by atoms with E-state index in [0.29, 0.717) is 10.1 Å². The molecule has 4 amide bonds. The number of nitrogens with zero attached hydrogens (tertiary/aromatic N) is 4. The van der Waals surface area contributed by atoms with Crippen LogP contribution in [0.3, 0.4) is 0 Å². The minimum absolute atomic E-state index is 0. The van der Waals surface area contributed by atoms with Gasteiger partial charge in [-0.05, 0) is 58.7 Å². The zero-order valence-electron chi connectivity index (χ0n) is 26.9. The normalized spacial score (nSPS) is 15.2. The molecular weight excluding hydrogens is 871 g/mol. The standard InChI is InChI=1S/2C13H14N2O7S3.CH4.Na.V/c2*16-11-4-5-12(17)15(11)22-13(18)9(25(19,20)21)6-8-23-24-10-3-1-2-7-14-10;;;/h2*1-3,7,9H,4-6,8H2,(H,19,20,21);1H4;;/q;;;+1;/p-1. The van der Waals surface area contributed by atoms with Gasteiger partial charge >= 0.3 is 41.5 Å². The van der Waals surface area contributed by atoms with Crippen molar-refractivity contribution in [3.8, 4) is 0 Å². The maximum absolute atomic E-state index is 12.0. The third kappa shape index (κ3) is 17.3. The zero-order chi connectivity index (χ0) is 36.9. The number of imide groups is 2. The average Bonchev–Trinajstić information content (AvgIpc) is 3.54. The Hall–Kier alpha value is -1.68. The van der Waals surface area contributed by atoms with Crippen LogP contribution >= 0.6 is 43.2 Å². The van der Waals surface area contributed by atoms with Crippen LogP contribution in [0.1, 0.15) is 46.0 Å². The molecule has 0 spiro atoms. The number of rotatable bonds is 16. The fourth-order valence-electron chi connectivity index (χ4n) is 3.69. The number of amides is 4. The predicted molar refractivity (Wildman–Crippen MR) is 184 cm³/mol. The van der Waals surface area contributed by atoms with Gasteiger partial charge in [-0.1, -0.05) is 41.1 Å². The minimum atomic E-state index is -5.00. The van der Waals surface area contributed by atoms with Crippen LogP contribution in [-0.2, 0) is 77.2 Å². The molecule has 0 bridgehead atoms. The molecule has 2 atom stereocenters.